The first-order chi connectivity index (χ1) is 8.52. The quantitative estimate of drug-likeness (QED) is 0.834. The molecular formula is C13H22N4O. The number of aromatic nitrogens is 2. The van der Waals surface area contributed by atoms with Gasteiger partial charge >= 0.3 is 0 Å². The van der Waals surface area contributed by atoms with Crippen LogP contribution in [0, 0.1) is 6.92 Å². The largest absolute Gasteiger partial charge is 0.390 e. The van der Waals surface area contributed by atoms with Gasteiger partial charge in [0.2, 0.25) is 5.95 Å². The average Bonchev–Trinajstić information content (AvgIpc) is 2.51. The Labute approximate surface area is 108 Å². The molecule has 5 heteroatoms. The van der Waals surface area contributed by atoms with Crippen LogP contribution in [0.1, 0.15) is 31.7 Å². The van der Waals surface area contributed by atoms with Crippen molar-refractivity contribution in [3.05, 3.63) is 11.8 Å². The lowest BCUT2D eigenvalue weighted by atomic mass is 9.98. The second-order valence-electron chi connectivity index (χ2n) is 5.29. The molecule has 18 heavy (non-hydrogen) atoms. The highest BCUT2D eigenvalue weighted by atomic mass is 16.3. The molecule has 1 aromatic heterocycles. The van der Waals surface area contributed by atoms with E-state index in [1.54, 1.807) is 0 Å². The highest BCUT2D eigenvalue weighted by Gasteiger charge is 2.26. The molecule has 1 aliphatic heterocycles. The van der Waals surface area contributed by atoms with Crippen molar-refractivity contribution < 1.29 is 5.11 Å². The molecule has 1 fully saturated rings. The molecule has 5 nitrogen and oxygen atoms in total. The maximum absolute atomic E-state index is 10.1. The number of hydrogen-bond acceptors (Lipinski definition) is 5. The molecule has 2 heterocycles. The lowest BCUT2D eigenvalue weighted by molar-refractivity contribution is 0.0481. The van der Waals surface area contributed by atoms with E-state index in [0.717, 1.165) is 43.7 Å². The van der Waals surface area contributed by atoms with Gasteiger partial charge in [-0.15, -0.1) is 0 Å². The van der Waals surface area contributed by atoms with Gasteiger partial charge in [-0.1, -0.05) is 0 Å². The first kappa shape index (κ1) is 13.1. The summed E-state index contributed by atoms with van der Waals surface area (Å²) in [4.78, 5) is 11.0. The van der Waals surface area contributed by atoms with E-state index in [9.17, 15) is 5.11 Å². The normalized spacial score (nSPS) is 24.8. The number of anilines is 2. The summed E-state index contributed by atoms with van der Waals surface area (Å²) in [6.07, 6.45) is 4.47. The molecule has 0 bridgehead atoms. The minimum absolute atomic E-state index is 0.540. The van der Waals surface area contributed by atoms with E-state index in [4.69, 9.17) is 0 Å². The summed E-state index contributed by atoms with van der Waals surface area (Å²) in [5, 5.41) is 13.1. The Kier molecular flexibility index (Phi) is 3.71. The van der Waals surface area contributed by atoms with E-state index in [1.165, 1.54) is 0 Å². The van der Waals surface area contributed by atoms with Crippen LogP contribution in [-0.4, -0.2) is 40.8 Å². The molecule has 2 N–H and O–H groups in total. The minimum atomic E-state index is -0.540. The van der Waals surface area contributed by atoms with Crippen molar-refractivity contribution in [2.75, 3.05) is 30.4 Å². The Morgan fingerprint density at radius 1 is 1.39 bits per heavy atom. The zero-order valence-electron chi connectivity index (χ0n) is 11.4. The van der Waals surface area contributed by atoms with E-state index in [-0.39, 0.29) is 0 Å². The zero-order chi connectivity index (χ0) is 13.2. The van der Waals surface area contributed by atoms with E-state index >= 15 is 0 Å². The van der Waals surface area contributed by atoms with E-state index in [1.807, 2.05) is 27.1 Å². The second kappa shape index (κ2) is 5.10. The van der Waals surface area contributed by atoms with Crippen molar-refractivity contribution in [1.82, 2.24) is 9.97 Å². The molecule has 0 saturated carbocycles. The van der Waals surface area contributed by atoms with E-state index < -0.39 is 5.60 Å². The molecule has 0 radical (unpaired) electrons. The van der Waals surface area contributed by atoms with Gasteiger partial charge in [0.25, 0.3) is 0 Å². The third-order valence-corrected chi connectivity index (χ3v) is 3.53. The molecule has 0 aliphatic carbocycles. The summed E-state index contributed by atoms with van der Waals surface area (Å²) in [6.45, 7) is 5.73. The summed E-state index contributed by atoms with van der Waals surface area (Å²) >= 11 is 0. The standard InChI is InChI=1S/C13H22N4O/c1-10-9-15-12(14-3)16-11(10)17-7-4-5-13(2,18)6-8-17/h9,18H,4-8H2,1-3H3,(H,14,15,16). The van der Waals surface area contributed by atoms with Gasteiger partial charge in [-0.25, -0.2) is 4.98 Å². The van der Waals surface area contributed by atoms with Gasteiger partial charge in [-0.05, 0) is 33.1 Å². The fraction of sp³-hybridized carbons (Fsp3) is 0.692. The predicted molar refractivity (Wildman–Crippen MR) is 73.0 cm³/mol. The Morgan fingerprint density at radius 3 is 2.89 bits per heavy atom. The molecular weight excluding hydrogens is 228 g/mol. The van der Waals surface area contributed by atoms with Crippen LogP contribution in [-0.2, 0) is 0 Å². The van der Waals surface area contributed by atoms with Gasteiger partial charge in [-0.2, -0.15) is 4.98 Å². The Morgan fingerprint density at radius 2 is 2.17 bits per heavy atom. The van der Waals surface area contributed by atoms with Crippen molar-refractivity contribution in [3.63, 3.8) is 0 Å². The monoisotopic (exact) mass is 250 g/mol. The predicted octanol–water partition coefficient (Wildman–Crippen LogP) is 1.57. The van der Waals surface area contributed by atoms with Gasteiger partial charge in [0.1, 0.15) is 5.82 Å². The van der Waals surface area contributed by atoms with Gasteiger partial charge in [-0.3, -0.25) is 0 Å². The highest BCUT2D eigenvalue weighted by molar-refractivity contribution is 5.49. The molecule has 0 aromatic carbocycles. The Balaban J connectivity index is 2.20. The number of nitrogens with one attached hydrogen (secondary N) is 1. The highest BCUT2D eigenvalue weighted by Crippen LogP contribution is 2.26. The lowest BCUT2D eigenvalue weighted by Crippen LogP contribution is -2.29. The van der Waals surface area contributed by atoms with Crippen LogP contribution in [0.25, 0.3) is 0 Å². The van der Waals surface area contributed by atoms with Crippen LogP contribution in [0.2, 0.25) is 0 Å². The molecule has 1 atom stereocenters. The maximum atomic E-state index is 10.1. The number of aryl methyl sites for hydroxylation is 1. The third kappa shape index (κ3) is 2.90. The summed E-state index contributed by atoms with van der Waals surface area (Å²) in [6, 6.07) is 0. The fourth-order valence-corrected chi connectivity index (χ4v) is 2.35. The molecule has 2 rings (SSSR count). The Bertz CT molecular complexity index is 419. The van der Waals surface area contributed by atoms with Crippen LogP contribution in [0.15, 0.2) is 6.20 Å². The summed E-state index contributed by atoms with van der Waals surface area (Å²) < 4.78 is 0. The third-order valence-electron chi connectivity index (χ3n) is 3.53. The summed E-state index contributed by atoms with van der Waals surface area (Å²) in [5.41, 5.74) is 0.539. The van der Waals surface area contributed by atoms with Crippen molar-refractivity contribution in [1.29, 1.82) is 0 Å². The molecule has 1 saturated heterocycles. The smallest absolute Gasteiger partial charge is 0.224 e. The topological polar surface area (TPSA) is 61.3 Å². The zero-order valence-corrected chi connectivity index (χ0v) is 11.4. The average molecular weight is 250 g/mol. The molecule has 1 aromatic rings. The van der Waals surface area contributed by atoms with Crippen LogP contribution in [0.3, 0.4) is 0 Å². The Hall–Kier alpha value is -1.36. The van der Waals surface area contributed by atoms with E-state index in [2.05, 4.69) is 20.2 Å². The van der Waals surface area contributed by atoms with Gasteiger partial charge < -0.3 is 15.3 Å². The molecule has 0 spiro atoms. The van der Waals surface area contributed by atoms with Gasteiger partial charge in [0.15, 0.2) is 0 Å². The van der Waals surface area contributed by atoms with E-state index in [0.29, 0.717) is 5.95 Å². The van der Waals surface area contributed by atoms with Crippen molar-refractivity contribution in [2.24, 2.45) is 0 Å². The van der Waals surface area contributed by atoms with Gasteiger partial charge in [0.05, 0.1) is 5.60 Å². The van der Waals surface area contributed by atoms with Crippen molar-refractivity contribution >= 4 is 11.8 Å². The molecule has 1 unspecified atom stereocenters. The van der Waals surface area contributed by atoms with Crippen LogP contribution in [0.4, 0.5) is 11.8 Å². The SMILES string of the molecule is CNc1ncc(C)c(N2CCCC(C)(O)CC2)n1. The first-order valence-electron chi connectivity index (χ1n) is 6.50. The van der Waals surface area contributed by atoms with Gasteiger partial charge in [0, 0.05) is 31.9 Å². The molecule has 1 aliphatic rings. The minimum Gasteiger partial charge on any atom is -0.390 e. The van der Waals surface area contributed by atoms with Crippen LogP contribution >= 0.6 is 0 Å². The van der Waals surface area contributed by atoms with Crippen molar-refractivity contribution in [2.45, 2.75) is 38.7 Å². The first-order valence-corrected chi connectivity index (χ1v) is 6.50. The van der Waals surface area contributed by atoms with Crippen molar-refractivity contribution in [3.8, 4) is 0 Å². The number of hydrogen-bond donors (Lipinski definition) is 2. The fourth-order valence-electron chi connectivity index (χ4n) is 2.35. The summed E-state index contributed by atoms with van der Waals surface area (Å²) in [7, 11) is 1.82. The molecule has 0 amide bonds. The number of rotatable bonds is 2. The number of nitrogens with zero attached hydrogens (tertiary/aromatic N) is 3. The van der Waals surface area contributed by atoms with Crippen LogP contribution in [0.5, 0.6) is 0 Å². The lowest BCUT2D eigenvalue weighted by Gasteiger charge is -2.24. The maximum Gasteiger partial charge on any atom is 0.224 e. The van der Waals surface area contributed by atoms with Crippen LogP contribution < -0.4 is 10.2 Å². The number of aliphatic hydroxyl groups is 1. The second-order valence-corrected chi connectivity index (χ2v) is 5.29. The summed E-state index contributed by atoms with van der Waals surface area (Å²) in [5.74, 6) is 1.62. The molecule has 100 valence electrons.